The van der Waals surface area contributed by atoms with E-state index in [2.05, 4.69) is 5.32 Å². The molecule has 1 atom stereocenters. The fraction of sp³-hybridized carbons (Fsp3) is 0.562. The predicted molar refractivity (Wildman–Crippen MR) is 79.5 cm³/mol. The van der Waals surface area contributed by atoms with Gasteiger partial charge in [0, 0.05) is 25.2 Å². The molecule has 0 bridgehead atoms. The van der Waals surface area contributed by atoms with Crippen LogP contribution < -0.4 is 5.32 Å². The number of hydrogen-bond acceptors (Lipinski definition) is 3. The smallest absolute Gasteiger partial charge is 0.410 e. The second-order valence-electron chi connectivity index (χ2n) is 6.52. The molecule has 1 N–H and O–H groups in total. The molecular weight excluding hydrogens is 271 g/mol. The van der Waals surface area contributed by atoms with E-state index < -0.39 is 5.60 Å². The van der Waals surface area contributed by atoms with Crippen LogP contribution in [0.25, 0.3) is 0 Å². The van der Waals surface area contributed by atoms with Gasteiger partial charge < -0.3 is 15.0 Å². The molecule has 0 aromatic heterocycles. The van der Waals surface area contributed by atoms with Crippen LogP contribution in [-0.4, -0.2) is 35.7 Å². The molecule has 1 aromatic carbocycles. The molecule has 21 heavy (non-hydrogen) atoms. The van der Waals surface area contributed by atoms with Crippen LogP contribution >= 0.6 is 0 Å². The Bertz CT molecular complexity index is 490. The number of rotatable bonds is 3. The SMILES string of the molecule is CC(NC1CN(C(=O)OC(C)(C)C)C1)c1ccc(F)cc1. The van der Waals surface area contributed by atoms with Crippen molar-refractivity contribution in [1.29, 1.82) is 0 Å². The number of carbonyl (C=O) groups excluding carboxylic acids is 1. The van der Waals surface area contributed by atoms with E-state index in [9.17, 15) is 9.18 Å². The van der Waals surface area contributed by atoms with Gasteiger partial charge in [0.1, 0.15) is 11.4 Å². The standard InChI is InChI=1S/C16H23FN2O2/c1-11(12-5-7-13(17)8-6-12)18-14-9-19(10-14)15(20)21-16(2,3)4/h5-8,11,14,18H,9-10H2,1-4H3. The summed E-state index contributed by atoms with van der Waals surface area (Å²) in [4.78, 5) is 13.5. The molecule has 1 unspecified atom stereocenters. The number of ether oxygens (including phenoxy) is 1. The lowest BCUT2D eigenvalue weighted by Crippen LogP contribution is -2.60. The Labute approximate surface area is 125 Å². The first-order valence-electron chi connectivity index (χ1n) is 7.24. The number of amides is 1. The molecule has 1 heterocycles. The normalized spacial score (nSPS) is 17.3. The predicted octanol–water partition coefficient (Wildman–Crippen LogP) is 3.10. The van der Waals surface area contributed by atoms with E-state index >= 15 is 0 Å². The van der Waals surface area contributed by atoms with E-state index in [0.29, 0.717) is 13.1 Å². The minimum Gasteiger partial charge on any atom is -0.444 e. The summed E-state index contributed by atoms with van der Waals surface area (Å²) in [6.45, 7) is 8.88. The van der Waals surface area contributed by atoms with Gasteiger partial charge in [0.2, 0.25) is 0 Å². The molecule has 1 aliphatic heterocycles. The zero-order valence-electron chi connectivity index (χ0n) is 13.0. The highest BCUT2D eigenvalue weighted by Gasteiger charge is 2.34. The number of hydrogen-bond donors (Lipinski definition) is 1. The van der Waals surface area contributed by atoms with Gasteiger partial charge in [-0.1, -0.05) is 12.1 Å². The Hall–Kier alpha value is -1.62. The average Bonchev–Trinajstić information content (AvgIpc) is 2.31. The molecule has 116 valence electrons. The summed E-state index contributed by atoms with van der Waals surface area (Å²) < 4.78 is 18.2. The topological polar surface area (TPSA) is 41.6 Å². The third-order valence-corrected chi connectivity index (χ3v) is 3.39. The van der Waals surface area contributed by atoms with E-state index in [1.807, 2.05) is 27.7 Å². The second-order valence-corrected chi connectivity index (χ2v) is 6.52. The van der Waals surface area contributed by atoms with Crippen LogP contribution in [0.2, 0.25) is 0 Å². The van der Waals surface area contributed by atoms with E-state index in [1.54, 1.807) is 17.0 Å². The van der Waals surface area contributed by atoms with Crippen molar-refractivity contribution in [2.45, 2.75) is 45.4 Å². The molecule has 0 aliphatic carbocycles. The zero-order valence-corrected chi connectivity index (χ0v) is 13.0. The Morgan fingerprint density at radius 3 is 2.43 bits per heavy atom. The molecule has 0 radical (unpaired) electrons. The third kappa shape index (κ3) is 4.43. The van der Waals surface area contributed by atoms with Gasteiger partial charge in [-0.2, -0.15) is 0 Å². The van der Waals surface area contributed by atoms with Crippen LogP contribution in [0.5, 0.6) is 0 Å². The highest BCUT2D eigenvalue weighted by molar-refractivity contribution is 5.69. The van der Waals surface area contributed by atoms with Crippen molar-refractivity contribution < 1.29 is 13.9 Å². The lowest BCUT2D eigenvalue weighted by Gasteiger charge is -2.41. The minimum absolute atomic E-state index is 0.122. The fourth-order valence-corrected chi connectivity index (χ4v) is 2.26. The first kappa shape index (κ1) is 15.8. The van der Waals surface area contributed by atoms with Crippen LogP contribution in [0.4, 0.5) is 9.18 Å². The van der Waals surface area contributed by atoms with E-state index in [1.165, 1.54) is 12.1 Å². The zero-order chi connectivity index (χ0) is 15.6. The molecule has 0 saturated carbocycles. The molecule has 4 nitrogen and oxygen atoms in total. The van der Waals surface area contributed by atoms with Gasteiger partial charge in [-0.3, -0.25) is 0 Å². The average molecular weight is 294 g/mol. The lowest BCUT2D eigenvalue weighted by atomic mass is 10.0. The summed E-state index contributed by atoms with van der Waals surface area (Å²) in [7, 11) is 0. The van der Waals surface area contributed by atoms with Gasteiger partial charge in [-0.25, -0.2) is 9.18 Å². The molecule has 0 spiro atoms. The van der Waals surface area contributed by atoms with Crippen LogP contribution in [0.1, 0.15) is 39.3 Å². The van der Waals surface area contributed by atoms with Crippen molar-refractivity contribution in [3.8, 4) is 0 Å². The summed E-state index contributed by atoms with van der Waals surface area (Å²) in [5, 5.41) is 3.43. The van der Waals surface area contributed by atoms with Crippen molar-refractivity contribution in [3.63, 3.8) is 0 Å². The quantitative estimate of drug-likeness (QED) is 0.931. The number of carbonyl (C=O) groups is 1. The Morgan fingerprint density at radius 2 is 1.90 bits per heavy atom. The van der Waals surface area contributed by atoms with Crippen molar-refractivity contribution in [3.05, 3.63) is 35.6 Å². The van der Waals surface area contributed by atoms with Crippen molar-refractivity contribution in [2.24, 2.45) is 0 Å². The van der Waals surface area contributed by atoms with Crippen molar-refractivity contribution in [2.75, 3.05) is 13.1 Å². The van der Waals surface area contributed by atoms with Crippen molar-refractivity contribution >= 4 is 6.09 Å². The fourth-order valence-electron chi connectivity index (χ4n) is 2.26. The number of nitrogens with zero attached hydrogens (tertiary/aromatic N) is 1. The highest BCUT2D eigenvalue weighted by Crippen LogP contribution is 2.19. The first-order valence-corrected chi connectivity index (χ1v) is 7.24. The summed E-state index contributed by atoms with van der Waals surface area (Å²) in [5.74, 6) is -0.231. The number of nitrogens with one attached hydrogen (secondary N) is 1. The Kier molecular flexibility index (Phi) is 4.52. The van der Waals surface area contributed by atoms with Gasteiger partial charge in [-0.05, 0) is 45.4 Å². The molecule has 5 heteroatoms. The molecule has 1 saturated heterocycles. The Balaban J connectivity index is 1.77. The third-order valence-electron chi connectivity index (χ3n) is 3.39. The lowest BCUT2D eigenvalue weighted by molar-refractivity contribution is 0.00434. The van der Waals surface area contributed by atoms with E-state index in [0.717, 1.165) is 5.56 Å². The number of likely N-dealkylation sites (tertiary alicyclic amines) is 1. The van der Waals surface area contributed by atoms with Crippen LogP contribution in [-0.2, 0) is 4.74 Å². The summed E-state index contributed by atoms with van der Waals surface area (Å²) in [6, 6.07) is 6.84. The molecule has 1 aliphatic rings. The monoisotopic (exact) mass is 294 g/mol. The van der Waals surface area contributed by atoms with Gasteiger partial charge in [0.05, 0.1) is 0 Å². The highest BCUT2D eigenvalue weighted by atomic mass is 19.1. The Morgan fingerprint density at radius 1 is 1.33 bits per heavy atom. The maximum atomic E-state index is 12.9. The molecule has 2 rings (SSSR count). The molecular formula is C16H23FN2O2. The number of halogens is 1. The van der Waals surface area contributed by atoms with Crippen LogP contribution in [0.15, 0.2) is 24.3 Å². The minimum atomic E-state index is -0.461. The van der Waals surface area contributed by atoms with Crippen molar-refractivity contribution in [1.82, 2.24) is 10.2 Å². The largest absolute Gasteiger partial charge is 0.444 e. The summed E-state index contributed by atoms with van der Waals surface area (Å²) in [6.07, 6.45) is -0.269. The molecule has 1 fully saturated rings. The molecule has 1 aromatic rings. The summed E-state index contributed by atoms with van der Waals surface area (Å²) in [5.41, 5.74) is 0.573. The second kappa shape index (κ2) is 6.02. The van der Waals surface area contributed by atoms with Gasteiger partial charge in [0.15, 0.2) is 0 Å². The van der Waals surface area contributed by atoms with Gasteiger partial charge in [0.25, 0.3) is 0 Å². The maximum Gasteiger partial charge on any atom is 0.410 e. The first-order chi connectivity index (χ1) is 9.74. The van der Waals surface area contributed by atoms with Gasteiger partial charge in [-0.15, -0.1) is 0 Å². The maximum absolute atomic E-state index is 12.9. The molecule has 1 amide bonds. The van der Waals surface area contributed by atoms with E-state index in [-0.39, 0.29) is 24.0 Å². The summed E-state index contributed by atoms with van der Waals surface area (Å²) >= 11 is 0. The van der Waals surface area contributed by atoms with E-state index in [4.69, 9.17) is 4.74 Å². The van der Waals surface area contributed by atoms with Crippen LogP contribution in [0, 0.1) is 5.82 Å². The van der Waals surface area contributed by atoms with Gasteiger partial charge >= 0.3 is 6.09 Å². The van der Waals surface area contributed by atoms with Crippen LogP contribution in [0.3, 0.4) is 0 Å². The number of benzene rings is 1.